The summed E-state index contributed by atoms with van der Waals surface area (Å²) >= 11 is 0. The third-order valence-electron chi connectivity index (χ3n) is 4.41. The van der Waals surface area contributed by atoms with Crippen molar-refractivity contribution in [2.45, 2.75) is 56.8 Å². The van der Waals surface area contributed by atoms with Gasteiger partial charge in [-0.3, -0.25) is 0 Å². The Morgan fingerprint density at radius 1 is 1.16 bits per heavy atom. The molecule has 2 N–H and O–H groups in total. The van der Waals surface area contributed by atoms with Crippen LogP contribution in [0.3, 0.4) is 0 Å². The molecule has 19 heavy (non-hydrogen) atoms. The summed E-state index contributed by atoms with van der Waals surface area (Å²) in [6.07, 6.45) is 7.85. The molecule has 1 aromatic carbocycles. The van der Waals surface area contributed by atoms with Crippen molar-refractivity contribution in [3.05, 3.63) is 29.8 Å². The number of benzene rings is 1. The van der Waals surface area contributed by atoms with Gasteiger partial charge in [0.05, 0.1) is 24.9 Å². The first-order chi connectivity index (χ1) is 9.26. The zero-order chi connectivity index (χ0) is 13.1. The van der Waals surface area contributed by atoms with E-state index in [0.29, 0.717) is 19.3 Å². The van der Waals surface area contributed by atoms with Gasteiger partial charge in [-0.25, -0.2) is 0 Å². The largest absolute Gasteiger partial charge is 0.399 e. The molecule has 0 bridgehead atoms. The second-order valence-electron chi connectivity index (χ2n) is 5.93. The van der Waals surface area contributed by atoms with Crippen molar-refractivity contribution in [2.24, 2.45) is 0 Å². The van der Waals surface area contributed by atoms with Crippen molar-refractivity contribution in [1.82, 2.24) is 0 Å². The first kappa shape index (κ1) is 12.9. The van der Waals surface area contributed by atoms with E-state index in [1.54, 1.807) is 0 Å². The van der Waals surface area contributed by atoms with Crippen molar-refractivity contribution in [1.29, 1.82) is 0 Å². The molecule has 0 aromatic heterocycles. The lowest BCUT2D eigenvalue weighted by Gasteiger charge is -2.23. The summed E-state index contributed by atoms with van der Waals surface area (Å²) in [5.74, 6) is 0. The highest BCUT2D eigenvalue weighted by molar-refractivity contribution is 5.39. The average Bonchev–Trinajstić information content (AvgIpc) is 3.03. The van der Waals surface area contributed by atoms with Crippen LogP contribution in [0.25, 0.3) is 0 Å². The van der Waals surface area contributed by atoms with Crippen molar-refractivity contribution in [3.8, 4) is 0 Å². The predicted octanol–water partition coefficient (Wildman–Crippen LogP) is 3.28. The van der Waals surface area contributed by atoms with Gasteiger partial charge >= 0.3 is 0 Å². The van der Waals surface area contributed by atoms with Gasteiger partial charge in [-0.1, -0.05) is 25.0 Å². The van der Waals surface area contributed by atoms with E-state index in [-0.39, 0.29) is 5.60 Å². The van der Waals surface area contributed by atoms with Gasteiger partial charge < -0.3 is 15.2 Å². The van der Waals surface area contributed by atoms with Crippen molar-refractivity contribution < 1.29 is 9.47 Å². The van der Waals surface area contributed by atoms with Crippen LogP contribution in [0.2, 0.25) is 0 Å². The molecule has 3 heteroatoms. The third kappa shape index (κ3) is 3.10. The van der Waals surface area contributed by atoms with Gasteiger partial charge in [0.25, 0.3) is 0 Å². The zero-order valence-corrected chi connectivity index (χ0v) is 11.4. The molecule has 2 aliphatic rings. The van der Waals surface area contributed by atoms with E-state index in [0.717, 1.165) is 12.1 Å². The number of ether oxygens (including phenoxy) is 2. The van der Waals surface area contributed by atoms with E-state index in [1.807, 2.05) is 24.3 Å². The molecule has 0 radical (unpaired) electrons. The Morgan fingerprint density at radius 3 is 2.63 bits per heavy atom. The molecular weight excluding hydrogens is 238 g/mol. The number of hydrogen-bond donors (Lipinski definition) is 1. The molecule has 1 heterocycles. The van der Waals surface area contributed by atoms with Crippen LogP contribution in [0.5, 0.6) is 0 Å². The molecule has 1 aromatic rings. The lowest BCUT2D eigenvalue weighted by Crippen LogP contribution is -2.26. The highest BCUT2D eigenvalue weighted by Gasteiger charge is 2.41. The first-order valence-corrected chi connectivity index (χ1v) is 7.36. The molecule has 3 nitrogen and oxygen atoms in total. The van der Waals surface area contributed by atoms with Crippen LogP contribution in [0.1, 0.15) is 44.1 Å². The molecule has 1 atom stereocenters. The van der Waals surface area contributed by atoms with Crippen molar-refractivity contribution >= 4 is 5.69 Å². The Kier molecular flexibility index (Phi) is 3.76. The molecule has 0 amide bonds. The van der Waals surface area contributed by atoms with Crippen LogP contribution >= 0.6 is 0 Å². The summed E-state index contributed by atoms with van der Waals surface area (Å²) < 4.78 is 12.0. The van der Waals surface area contributed by atoms with Crippen LogP contribution < -0.4 is 5.73 Å². The zero-order valence-electron chi connectivity index (χ0n) is 11.4. The van der Waals surface area contributed by atoms with Gasteiger partial charge in [0.2, 0.25) is 0 Å². The highest BCUT2D eigenvalue weighted by atomic mass is 16.6. The van der Waals surface area contributed by atoms with Crippen LogP contribution in [0.4, 0.5) is 5.69 Å². The SMILES string of the molecule is Nc1ccc(COCC2CCC3(CCCC3)O2)cc1. The number of rotatable bonds is 4. The molecular formula is C16H23NO2. The Morgan fingerprint density at radius 2 is 1.89 bits per heavy atom. The van der Waals surface area contributed by atoms with Crippen LogP contribution in [0, 0.1) is 0 Å². The van der Waals surface area contributed by atoms with Gasteiger partial charge in [0, 0.05) is 5.69 Å². The van der Waals surface area contributed by atoms with Crippen molar-refractivity contribution in [2.75, 3.05) is 12.3 Å². The highest BCUT2D eigenvalue weighted by Crippen LogP contribution is 2.43. The Labute approximate surface area is 115 Å². The van der Waals surface area contributed by atoms with Crippen LogP contribution in [0.15, 0.2) is 24.3 Å². The molecule has 1 aliphatic carbocycles. The summed E-state index contributed by atoms with van der Waals surface area (Å²) in [5.41, 5.74) is 7.84. The van der Waals surface area contributed by atoms with E-state index < -0.39 is 0 Å². The summed E-state index contributed by atoms with van der Waals surface area (Å²) in [5, 5.41) is 0. The van der Waals surface area contributed by atoms with Crippen LogP contribution in [-0.2, 0) is 16.1 Å². The van der Waals surface area contributed by atoms with Gasteiger partial charge in [0.15, 0.2) is 0 Å². The standard InChI is InChI=1S/C16H23NO2/c17-14-5-3-13(4-6-14)11-18-12-15-7-10-16(19-15)8-1-2-9-16/h3-6,15H,1-2,7-12,17H2. The summed E-state index contributed by atoms with van der Waals surface area (Å²) in [6.45, 7) is 1.36. The van der Waals surface area contributed by atoms with Gasteiger partial charge in [-0.15, -0.1) is 0 Å². The topological polar surface area (TPSA) is 44.5 Å². The first-order valence-electron chi connectivity index (χ1n) is 7.36. The maximum Gasteiger partial charge on any atom is 0.0817 e. The fraction of sp³-hybridized carbons (Fsp3) is 0.625. The van der Waals surface area contributed by atoms with E-state index in [2.05, 4.69) is 0 Å². The Bertz CT molecular complexity index is 409. The van der Waals surface area contributed by atoms with E-state index in [4.69, 9.17) is 15.2 Å². The van der Waals surface area contributed by atoms with Crippen LogP contribution in [-0.4, -0.2) is 18.3 Å². The number of hydrogen-bond acceptors (Lipinski definition) is 3. The smallest absolute Gasteiger partial charge is 0.0817 e. The summed E-state index contributed by atoms with van der Waals surface area (Å²) in [4.78, 5) is 0. The average molecular weight is 261 g/mol. The Balaban J connectivity index is 1.42. The van der Waals surface area contributed by atoms with Gasteiger partial charge in [0.1, 0.15) is 0 Å². The third-order valence-corrected chi connectivity index (χ3v) is 4.41. The summed E-state index contributed by atoms with van der Waals surface area (Å²) in [7, 11) is 0. The predicted molar refractivity (Wildman–Crippen MR) is 75.8 cm³/mol. The molecule has 104 valence electrons. The van der Waals surface area contributed by atoms with Gasteiger partial charge in [-0.2, -0.15) is 0 Å². The maximum atomic E-state index is 6.22. The second-order valence-corrected chi connectivity index (χ2v) is 5.93. The lowest BCUT2D eigenvalue weighted by atomic mass is 9.98. The normalized spacial score (nSPS) is 25.2. The van der Waals surface area contributed by atoms with E-state index in [1.165, 1.54) is 37.7 Å². The van der Waals surface area contributed by atoms with E-state index >= 15 is 0 Å². The lowest BCUT2D eigenvalue weighted by molar-refractivity contribution is -0.0705. The maximum absolute atomic E-state index is 6.22. The number of nitrogen functional groups attached to an aromatic ring is 1. The number of nitrogens with two attached hydrogens (primary N) is 1. The second kappa shape index (κ2) is 5.51. The molecule has 1 saturated carbocycles. The minimum atomic E-state index is 0.217. The number of anilines is 1. The quantitative estimate of drug-likeness (QED) is 0.846. The van der Waals surface area contributed by atoms with E-state index in [9.17, 15) is 0 Å². The molecule has 1 spiro atoms. The molecule has 1 saturated heterocycles. The fourth-order valence-electron chi connectivity index (χ4n) is 3.32. The summed E-state index contributed by atoms with van der Waals surface area (Å²) in [6, 6.07) is 7.86. The molecule has 1 aliphatic heterocycles. The molecule has 1 unspecified atom stereocenters. The monoisotopic (exact) mass is 261 g/mol. The Hall–Kier alpha value is -1.06. The fourth-order valence-corrected chi connectivity index (χ4v) is 3.32. The minimum Gasteiger partial charge on any atom is -0.399 e. The minimum absolute atomic E-state index is 0.217. The molecule has 2 fully saturated rings. The molecule has 3 rings (SSSR count). The van der Waals surface area contributed by atoms with Crippen molar-refractivity contribution in [3.63, 3.8) is 0 Å². The van der Waals surface area contributed by atoms with Gasteiger partial charge in [-0.05, 0) is 43.4 Å².